The summed E-state index contributed by atoms with van der Waals surface area (Å²) in [6, 6.07) is 2.66. The Balaban J connectivity index is 1.78. The molecule has 0 saturated heterocycles. The van der Waals surface area contributed by atoms with Gasteiger partial charge in [-0.3, -0.25) is 0 Å². The minimum absolute atomic E-state index is 0.711. The Bertz CT molecular complexity index is 266. The van der Waals surface area contributed by atoms with E-state index in [1.165, 1.54) is 37.2 Å². The van der Waals surface area contributed by atoms with E-state index < -0.39 is 0 Å². The maximum absolute atomic E-state index is 5.59. The molecule has 1 heterocycles. The van der Waals surface area contributed by atoms with Crippen LogP contribution in [0.3, 0.4) is 0 Å². The fourth-order valence-corrected chi connectivity index (χ4v) is 2.32. The van der Waals surface area contributed by atoms with Crippen molar-refractivity contribution in [3.8, 4) is 0 Å². The SMILES string of the molecule is Nc1cc(CNC2CCCC2)ns1. The summed E-state index contributed by atoms with van der Waals surface area (Å²) >= 11 is 1.37. The number of nitrogen functional groups attached to an aromatic ring is 1. The molecule has 0 radical (unpaired) electrons. The van der Waals surface area contributed by atoms with E-state index in [4.69, 9.17) is 5.73 Å². The predicted octanol–water partition coefficient (Wildman–Crippen LogP) is 1.76. The maximum atomic E-state index is 5.59. The molecule has 1 aromatic heterocycles. The fraction of sp³-hybridized carbons (Fsp3) is 0.667. The summed E-state index contributed by atoms with van der Waals surface area (Å²) in [7, 11) is 0. The van der Waals surface area contributed by atoms with Crippen LogP contribution in [0, 0.1) is 0 Å². The lowest BCUT2D eigenvalue weighted by atomic mass is 10.2. The van der Waals surface area contributed by atoms with Crippen LogP contribution in [-0.2, 0) is 6.54 Å². The van der Waals surface area contributed by atoms with Gasteiger partial charge < -0.3 is 11.1 Å². The summed E-state index contributed by atoms with van der Waals surface area (Å²) in [6.07, 6.45) is 5.38. The predicted molar refractivity (Wildman–Crippen MR) is 55.6 cm³/mol. The Morgan fingerprint density at radius 1 is 1.54 bits per heavy atom. The second-order valence-corrected chi connectivity index (χ2v) is 4.42. The molecule has 2 rings (SSSR count). The molecule has 72 valence electrons. The molecule has 1 aliphatic rings. The normalized spacial score (nSPS) is 18.2. The van der Waals surface area contributed by atoms with Crippen LogP contribution in [-0.4, -0.2) is 10.4 Å². The number of nitrogens with one attached hydrogen (secondary N) is 1. The molecule has 0 unspecified atom stereocenters. The summed E-state index contributed by atoms with van der Waals surface area (Å²) in [6.45, 7) is 0.873. The molecule has 4 heteroatoms. The monoisotopic (exact) mass is 197 g/mol. The average Bonchev–Trinajstić information content (AvgIpc) is 2.71. The second-order valence-electron chi connectivity index (χ2n) is 3.58. The zero-order valence-electron chi connectivity index (χ0n) is 7.62. The third-order valence-corrected chi connectivity index (χ3v) is 3.16. The smallest absolute Gasteiger partial charge is 0.107 e. The van der Waals surface area contributed by atoms with Gasteiger partial charge in [-0.2, -0.15) is 4.37 Å². The molecule has 13 heavy (non-hydrogen) atoms. The molecule has 1 saturated carbocycles. The first kappa shape index (κ1) is 8.97. The lowest BCUT2D eigenvalue weighted by Crippen LogP contribution is -2.25. The summed E-state index contributed by atoms with van der Waals surface area (Å²) in [5.74, 6) is 0. The highest BCUT2D eigenvalue weighted by Crippen LogP contribution is 2.18. The molecular weight excluding hydrogens is 182 g/mol. The molecule has 0 atom stereocenters. The zero-order valence-corrected chi connectivity index (χ0v) is 8.44. The molecular formula is C9H15N3S. The van der Waals surface area contributed by atoms with Gasteiger partial charge in [0.1, 0.15) is 5.00 Å². The zero-order chi connectivity index (χ0) is 9.10. The number of hydrogen-bond donors (Lipinski definition) is 2. The number of nitrogens with two attached hydrogens (primary N) is 1. The van der Waals surface area contributed by atoms with Gasteiger partial charge in [0, 0.05) is 12.6 Å². The van der Waals surface area contributed by atoms with Gasteiger partial charge in [0.2, 0.25) is 0 Å². The first-order valence-electron chi connectivity index (χ1n) is 4.79. The van der Waals surface area contributed by atoms with Crippen molar-refractivity contribution >= 4 is 16.5 Å². The molecule has 0 amide bonds. The Labute approximate surface area is 82.5 Å². The van der Waals surface area contributed by atoms with Crippen molar-refractivity contribution in [3.05, 3.63) is 11.8 Å². The largest absolute Gasteiger partial charge is 0.389 e. The number of hydrogen-bond acceptors (Lipinski definition) is 4. The van der Waals surface area contributed by atoms with Crippen LogP contribution in [0.4, 0.5) is 5.00 Å². The van der Waals surface area contributed by atoms with E-state index in [0.29, 0.717) is 6.04 Å². The highest BCUT2D eigenvalue weighted by Gasteiger charge is 2.14. The van der Waals surface area contributed by atoms with Crippen LogP contribution >= 0.6 is 11.5 Å². The van der Waals surface area contributed by atoms with Crippen molar-refractivity contribution < 1.29 is 0 Å². The number of anilines is 1. The Morgan fingerprint density at radius 2 is 2.31 bits per heavy atom. The fourth-order valence-electron chi connectivity index (χ4n) is 1.79. The molecule has 1 aromatic rings. The van der Waals surface area contributed by atoms with E-state index in [1.54, 1.807) is 0 Å². The number of nitrogens with zero attached hydrogens (tertiary/aromatic N) is 1. The molecule has 1 aliphatic carbocycles. The first-order chi connectivity index (χ1) is 6.34. The summed E-state index contributed by atoms with van der Waals surface area (Å²) in [5.41, 5.74) is 6.67. The van der Waals surface area contributed by atoms with Crippen LogP contribution in [0.2, 0.25) is 0 Å². The van der Waals surface area contributed by atoms with Gasteiger partial charge in [0.25, 0.3) is 0 Å². The van der Waals surface area contributed by atoms with Crippen LogP contribution in [0.1, 0.15) is 31.4 Å². The van der Waals surface area contributed by atoms with Gasteiger partial charge >= 0.3 is 0 Å². The number of aromatic nitrogens is 1. The lowest BCUT2D eigenvalue weighted by molar-refractivity contribution is 0.521. The van der Waals surface area contributed by atoms with Crippen molar-refractivity contribution in [2.75, 3.05) is 5.73 Å². The minimum Gasteiger partial charge on any atom is -0.389 e. The van der Waals surface area contributed by atoms with Crippen molar-refractivity contribution in [1.82, 2.24) is 9.69 Å². The molecule has 3 nitrogen and oxygen atoms in total. The van der Waals surface area contributed by atoms with Crippen molar-refractivity contribution in [3.63, 3.8) is 0 Å². The molecule has 0 aromatic carbocycles. The van der Waals surface area contributed by atoms with Gasteiger partial charge in [0.15, 0.2) is 0 Å². The van der Waals surface area contributed by atoms with Crippen molar-refractivity contribution in [2.24, 2.45) is 0 Å². The highest BCUT2D eigenvalue weighted by molar-refractivity contribution is 7.10. The molecule has 0 bridgehead atoms. The van der Waals surface area contributed by atoms with Gasteiger partial charge in [-0.15, -0.1) is 0 Å². The van der Waals surface area contributed by atoms with E-state index in [2.05, 4.69) is 9.69 Å². The third-order valence-electron chi connectivity index (χ3n) is 2.50. The first-order valence-corrected chi connectivity index (χ1v) is 5.56. The minimum atomic E-state index is 0.711. The molecule has 3 N–H and O–H groups in total. The summed E-state index contributed by atoms with van der Waals surface area (Å²) in [4.78, 5) is 0. The standard InChI is InChI=1S/C9H15N3S/c10-9-5-8(12-13-9)6-11-7-3-1-2-4-7/h5,7,11H,1-4,6,10H2. The summed E-state index contributed by atoms with van der Waals surface area (Å²) in [5, 5.41) is 4.31. The van der Waals surface area contributed by atoms with Gasteiger partial charge in [0.05, 0.1) is 5.69 Å². The van der Waals surface area contributed by atoms with E-state index in [0.717, 1.165) is 17.2 Å². The molecule has 1 fully saturated rings. The van der Waals surface area contributed by atoms with E-state index in [-0.39, 0.29) is 0 Å². The van der Waals surface area contributed by atoms with Crippen LogP contribution in [0.25, 0.3) is 0 Å². The van der Waals surface area contributed by atoms with E-state index in [1.807, 2.05) is 6.07 Å². The summed E-state index contributed by atoms with van der Waals surface area (Å²) < 4.78 is 4.23. The highest BCUT2D eigenvalue weighted by atomic mass is 32.1. The number of rotatable bonds is 3. The van der Waals surface area contributed by atoms with Gasteiger partial charge in [-0.1, -0.05) is 12.8 Å². The Hall–Kier alpha value is -0.610. The van der Waals surface area contributed by atoms with Crippen LogP contribution < -0.4 is 11.1 Å². The van der Waals surface area contributed by atoms with Gasteiger partial charge in [-0.25, -0.2) is 0 Å². The van der Waals surface area contributed by atoms with Crippen LogP contribution in [0.15, 0.2) is 6.07 Å². The Morgan fingerprint density at radius 3 is 2.92 bits per heavy atom. The lowest BCUT2D eigenvalue weighted by Gasteiger charge is -2.09. The second kappa shape index (κ2) is 4.07. The average molecular weight is 197 g/mol. The van der Waals surface area contributed by atoms with E-state index in [9.17, 15) is 0 Å². The maximum Gasteiger partial charge on any atom is 0.107 e. The van der Waals surface area contributed by atoms with E-state index >= 15 is 0 Å². The van der Waals surface area contributed by atoms with Crippen molar-refractivity contribution in [2.45, 2.75) is 38.3 Å². The molecule has 0 aliphatic heterocycles. The topological polar surface area (TPSA) is 50.9 Å². The molecule has 0 spiro atoms. The third kappa shape index (κ3) is 2.42. The van der Waals surface area contributed by atoms with Gasteiger partial charge in [-0.05, 0) is 30.4 Å². The quantitative estimate of drug-likeness (QED) is 0.776. The Kier molecular flexibility index (Phi) is 2.80. The van der Waals surface area contributed by atoms with Crippen LogP contribution in [0.5, 0.6) is 0 Å². The van der Waals surface area contributed by atoms with Crippen molar-refractivity contribution in [1.29, 1.82) is 0 Å².